The molecule has 2 rings (SSSR count). The number of hydrogen-bond acceptors (Lipinski definition) is 4. The number of sulfonamides is 1. The molecule has 0 atom stereocenters. The Hall–Kier alpha value is -2.45. The van der Waals surface area contributed by atoms with E-state index >= 15 is 0 Å². The first-order valence-corrected chi connectivity index (χ1v) is 9.13. The molecule has 8 heteroatoms. The highest BCUT2D eigenvalue weighted by Crippen LogP contribution is 2.15. The molecule has 0 bridgehead atoms. The van der Waals surface area contributed by atoms with Gasteiger partial charge >= 0.3 is 0 Å². The quantitative estimate of drug-likeness (QED) is 0.746. The Kier molecular flexibility index (Phi) is 6.49. The molecule has 0 heterocycles. The van der Waals surface area contributed by atoms with Crippen molar-refractivity contribution in [3.63, 3.8) is 0 Å². The molecule has 2 aromatic carbocycles. The summed E-state index contributed by atoms with van der Waals surface area (Å²) in [5.41, 5.74) is 0.324. The van der Waals surface area contributed by atoms with Gasteiger partial charge < -0.3 is 10.1 Å². The molecule has 2 aromatic rings. The fourth-order valence-corrected chi connectivity index (χ4v) is 3.01. The third-order valence-corrected chi connectivity index (χ3v) is 4.72. The van der Waals surface area contributed by atoms with E-state index in [0.29, 0.717) is 17.9 Å². The normalized spacial score (nSPS) is 11.1. The summed E-state index contributed by atoms with van der Waals surface area (Å²) in [6.07, 6.45) is 0. The minimum Gasteiger partial charge on any atom is -0.494 e. The van der Waals surface area contributed by atoms with Gasteiger partial charge in [-0.15, -0.1) is 0 Å². The van der Waals surface area contributed by atoms with E-state index < -0.39 is 28.3 Å². The summed E-state index contributed by atoms with van der Waals surface area (Å²) >= 11 is 0. The van der Waals surface area contributed by atoms with Crippen LogP contribution in [-0.2, 0) is 21.4 Å². The average Bonchev–Trinajstić information content (AvgIpc) is 2.60. The predicted octanol–water partition coefficient (Wildman–Crippen LogP) is 1.82. The fourth-order valence-electron chi connectivity index (χ4n) is 2.02. The van der Waals surface area contributed by atoms with Gasteiger partial charge in [0.15, 0.2) is 0 Å². The molecule has 0 spiro atoms. The third kappa shape index (κ3) is 5.54. The van der Waals surface area contributed by atoms with Gasteiger partial charge in [-0.3, -0.25) is 4.79 Å². The van der Waals surface area contributed by atoms with Gasteiger partial charge in [-0.1, -0.05) is 18.2 Å². The van der Waals surface area contributed by atoms with Gasteiger partial charge in [-0.2, -0.15) is 0 Å². The lowest BCUT2D eigenvalue weighted by atomic mass is 10.2. The van der Waals surface area contributed by atoms with Crippen LogP contribution in [-0.4, -0.2) is 27.5 Å². The topological polar surface area (TPSA) is 84.5 Å². The molecule has 0 saturated carbocycles. The van der Waals surface area contributed by atoms with Crippen molar-refractivity contribution in [2.45, 2.75) is 18.4 Å². The highest BCUT2D eigenvalue weighted by molar-refractivity contribution is 7.89. The number of halogens is 1. The Morgan fingerprint density at radius 1 is 1.12 bits per heavy atom. The molecule has 25 heavy (non-hydrogen) atoms. The van der Waals surface area contributed by atoms with Gasteiger partial charge in [-0.05, 0) is 37.3 Å². The van der Waals surface area contributed by atoms with Gasteiger partial charge in [0.25, 0.3) is 0 Å². The standard InChI is InChI=1S/C17H19FN2O4S/c1-2-24-14-7-9-15(10-8-14)25(22,23)20-12-17(21)19-11-13-5-3-4-6-16(13)18/h3-10,20H,2,11-12H2,1H3,(H,19,21). The monoisotopic (exact) mass is 366 g/mol. The van der Waals surface area contributed by atoms with Crippen LogP contribution in [0.5, 0.6) is 5.75 Å². The van der Waals surface area contributed by atoms with Gasteiger partial charge in [-0.25, -0.2) is 17.5 Å². The van der Waals surface area contributed by atoms with Crippen molar-refractivity contribution in [3.05, 3.63) is 59.9 Å². The summed E-state index contributed by atoms with van der Waals surface area (Å²) in [4.78, 5) is 11.8. The zero-order chi connectivity index (χ0) is 18.3. The van der Waals surface area contributed by atoms with Crippen LogP contribution >= 0.6 is 0 Å². The lowest BCUT2D eigenvalue weighted by Crippen LogP contribution is -2.36. The van der Waals surface area contributed by atoms with E-state index in [0.717, 1.165) is 0 Å². The highest BCUT2D eigenvalue weighted by Gasteiger charge is 2.15. The summed E-state index contributed by atoms with van der Waals surface area (Å²) in [5, 5.41) is 2.46. The number of carbonyl (C=O) groups is 1. The van der Waals surface area contributed by atoms with Crippen LogP contribution < -0.4 is 14.8 Å². The van der Waals surface area contributed by atoms with Crippen molar-refractivity contribution in [2.24, 2.45) is 0 Å². The number of rotatable bonds is 8. The predicted molar refractivity (Wildman–Crippen MR) is 91.0 cm³/mol. The minimum atomic E-state index is -3.82. The smallest absolute Gasteiger partial charge is 0.241 e. The van der Waals surface area contributed by atoms with Crippen molar-refractivity contribution in [1.29, 1.82) is 0 Å². The van der Waals surface area contributed by atoms with Crippen LogP contribution in [0.3, 0.4) is 0 Å². The van der Waals surface area contributed by atoms with Crippen molar-refractivity contribution in [1.82, 2.24) is 10.0 Å². The summed E-state index contributed by atoms with van der Waals surface area (Å²) in [5.74, 6) is -0.431. The van der Waals surface area contributed by atoms with E-state index in [4.69, 9.17) is 4.74 Å². The van der Waals surface area contributed by atoms with Gasteiger partial charge in [0.05, 0.1) is 18.0 Å². The van der Waals surface area contributed by atoms with E-state index in [1.807, 2.05) is 6.92 Å². The molecule has 1 amide bonds. The average molecular weight is 366 g/mol. The van der Waals surface area contributed by atoms with Crippen LogP contribution in [0.25, 0.3) is 0 Å². The van der Waals surface area contributed by atoms with E-state index in [2.05, 4.69) is 10.0 Å². The molecule has 0 aliphatic carbocycles. The third-order valence-electron chi connectivity index (χ3n) is 3.30. The first-order valence-electron chi connectivity index (χ1n) is 7.65. The molecule has 134 valence electrons. The molecular formula is C17H19FN2O4S. The number of benzene rings is 2. The van der Waals surface area contributed by atoms with Crippen molar-refractivity contribution in [2.75, 3.05) is 13.2 Å². The summed E-state index contributed by atoms with van der Waals surface area (Å²) in [7, 11) is -3.82. The lowest BCUT2D eigenvalue weighted by Gasteiger charge is -2.09. The molecule has 0 aliphatic rings. The van der Waals surface area contributed by atoms with Crippen molar-refractivity contribution in [3.8, 4) is 5.75 Å². The van der Waals surface area contributed by atoms with Gasteiger partial charge in [0.2, 0.25) is 15.9 Å². The van der Waals surface area contributed by atoms with E-state index in [1.54, 1.807) is 18.2 Å². The Bertz CT molecular complexity index is 823. The molecule has 0 radical (unpaired) electrons. The molecule has 0 aliphatic heterocycles. The molecule has 0 saturated heterocycles. The van der Waals surface area contributed by atoms with Crippen molar-refractivity contribution < 1.29 is 22.3 Å². The number of nitrogens with one attached hydrogen (secondary N) is 2. The summed E-state index contributed by atoms with van der Waals surface area (Å²) < 4.78 is 45.2. The van der Waals surface area contributed by atoms with Crippen LogP contribution in [0, 0.1) is 5.82 Å². The maximum atomic E-state index is 13.5. The van der Waals surface area contributed by atoms with E-state index in [-0.39, 0.29) is 11.4 Å². The van der Waals surface area contributed by atoms with E-state index in [9.17, 15) is 17.6 Å². The van der Waals surface area contributed by atoms with Crippen molar-refractivity contribution >= 4 is 15.9 Å². The Morgan fingerprint density at radius 2 is 1.80 bits per heavy atom. The van der Waals surface area contributed by atoms with Gasteiger partial charge in [0.1, 0.15) is 11.6 Å². The molecule has 0 aromatic heterocycles. The summed E-state index contributed by atoms with van der Waals surface area (Å²) in [6.45, 7) is 1.85. The maximum absolute atomic E-state index is 13.5. The molecule has 0 fully saturated rings. The minimum absolute atomic E-state index is 0.0176. The number of carbonyl (C=O) groups excluding carboxylic acids is 1. The second-order valence-electron chi connectivity index (χ2n) is 5.10. The highest BCUT2D eigenvalue weighted by atomic mass is 32.2. The number of amides is 1. The molecule has 2 N–H and O–H groups in total. The lowest BCUT2D eigenvalue weighted by molar-refractivity contribution is -0.120. The summed E-state index contributed by atoms with van der Waals surface area (Å²) in [6, 6.07) is 11.9. The number of hydrogen-bond donors (Lipinski definition) is 2. The Balaban J connectivity index is 1.88. The van der Waals surface area contributed by atoms with Crippen LogP contribution in [0.4, 0.5) is 4.39 Å². The fraction of sp³-hybridized carbons (Fsp3) is 0.235. The maximum Gasteiger partial charge on any atom is 0.241 e. The second kappa shape index (κ2) is 8.59. The Labute approximate surface area is 146 Å². The zero-order valence-corrected chi connectivity index (χ0v) is 14.5. The van der Waals surface area contributed by atoms with Crippen LogP contribution in [0.1, 0.15) is 12.5 Å². The molecule has 6 nitrogen and oxygen atoms in total. The van der Waals surface area contributed by atoms with Crippen LogP contribution in [0.2, 0.25) is 0 Å². The molecule has 0 unspecified atom stereocenters. The molecular weight excluding hydrogens is 347 g/mol. The SMILES string of the molecule is CCOc1ccc(S(=O)(=O)NCC(=O)NCc2ccccc2F)cc1. The number of ether oxygens (including phenoxy) is 1. The largest absolute Gasteiger partial charge is 0.494 e. The second-order valence-corrected chi connectivity index (χ2v) is 6.86. The van der Waals surface area contributed by atoms with Gasteiger partial charge in [0, 0.05) is 12.1 Å². The first kappa shape index (κ1) is 18.9. The van der Waals surface area contributed by atoms with E-state index in [1.165, 1.54) is 30.3 Å². The zero-order valence-electron chi connectivity index (χ0n) is 13.7. The Morgan fingerprint density at radius 3 is 2.44 bits per heavy atom. The first-order chi connectivity index (χ1) is 11.9. The van der Waals surface area contributed by atoms with Crippen LogP contribution in [0.15, 0.2) is 53.4 Å².